The fourth-order valence-electron chi connectivity index (χ4n) is 1.83. The first-order chi connectivity index (χ1) is 7.61. The van der Waals surface area contributed by atoms with Crippen LogP contribution in [0.2, 0.25) is 0 Å². The zero-order chi connectivity index (χ0) is 12.4. The molecule has 0 spiro atoms. The molecule has 2 unspecified atom stereocenters. The largest absolute Gasteiger partial charge is 0.481 e. The maximum atomic E-state index is 11.0. The minimum absolute atomic E-state index is 0.164. The maximum Gasteiger partial charge on any atom is 0.306 e. The van der Waals surface area contributed by atoms with Crippen LogP contribution in [-0.2, 0) is 4.79 Å². The highest BCUT2D eigenvalue weighted by atomic mass is 16.4. The summed E-state index contributed by atoms with van der Waals surface area (Å²) in [6, 6.07) is 0.164. The van der Waals surface area contributed by atoms with Crippen molar-refractivity contribution in [2.75, 3.05) is 0 Å². The first-order valence-corrected chi connectivity index (χ1v) is 6.60. The van der Waals surface area contributed by atoms with Gasteiger partial charge in [-0.15, -0.1) is 0 Å². The summed E-state index contributed by atoms with van der Waals surface area (Å²) in [5.41, 5.74) is 5.80. The fraction of sp³-hybridized carbons (Fsp3) is 0.923. The Kier molecular flexibility index (Phi) is 9.30. The molecule has 16 heavy (non-hydrogen) atoms. The molecule has 0 aromatic carbocycles. The number of carboxylic acid groups (broad SMARTS) is 1. The van der Waals surface area contributed by atoms with E-state index in [4.69, 9.17) is 10.8 Å². The van der Waals surface area contributed by atoms with Crippen molar-refractivity contribution in [3.05, 3.63) is 0 Å². The third-order valence-corrected chi connectivity index (χ3v) is 3.17. The van der Waals surface area contributed by atoms with E-state index in [9.17, 15) is 4.79 Å². The Bertz CT molecular complexity index is 183. The molecule has 3 heteroatoms. The van der Waals surface area contributed by atoms with Gasteiger partial charge in [0.05, 0.1) is 5.92 Å². The van der Waals surface area contributed by atoms with Gasteiger partial charge < -0.3 is 10.8 Å². The molecule has 0 saturated heterocycles. The van der Waals surface area contributed by atoms with Crippen LogP contribution < -0.4 is 5.73 Å². The van der Waals surface area contributed by atoms with Crippen LogP contribution in [-0.4, -0.2) is 17.1 Å². The van der Waals surface area contributed by atoms with Crippen molar-refractivity contribution in [2.45, 2.75) is 71.3 Å². The molecule has 2 atom stereocenters. The van der Waals surface area contributed by atoms with Crippen molar-refractivity contribution in [3.8, 4) is 0 Å². The van der Waals surface area contributed by atoms with Gasteiger partial charge in [-0.25, -0.2) is 0 Å². The second-order valence-corrected chi connectivity index (χ2v) is 4.63. The Balaban J connectivity index is 3.75. The van der Waals surface area contributed by atoms with Crippen LogP contribution in [0.15, 0.2) is 0 Å². The van der Waals surface area contributed by atoms with E-state index < -0.39 is 5.97 Å². The summed E-state index contributed by atoms with van der Waals surface area (Å²) in [5, 5.41) is 9.07. The Morgan fingerprint density at radius 2 is 1.81 bits per heavy atom. The average molecular weight is 229 g/mol. The lowest BCUT2D eigenvalue weighted by atomic mass is 9.94. The quantitative estimate of drug-likeness (QED) is 0.565. The second-order valence-electron chi connectivity index (χ2n) is 4.63. The molecular weight excluding hydrogens is 202 g/mol. The van der Waals surface area contributed by atoms with Crippen LogP contribution in [0.5, 0.6) is 0 Å². The van der Waals surface area contributed by atoms with Crippen LogP contribution in [0.1, 0.15) is 65.2 Å². The van der Waals surface area contributed by atoms with E-state index in [1.807, 2.05) is 6.92 Å². The van der Waals surface area contributed by atoms with Crippen LogP contribution in [0.3, 0.4) is 0 Å². The van der Waals surface area contributed by atoms with Gasteiger partial charge in [0.1, 0.15) is 0 Å². The van der Waals surface area contributed by atoms with Gasteiger partial charge >= 0.3 is 5.97 Å². The maximum absolute atomic E-state index is 11.0. The summed E-state index contributed by atoms with van der Waals surface area (Å²) in [7, 11) is 0. The number of hydrogen-bond donors (Lipinski definition) is 2. The monoisotopic (exact) mass is 229 g/mol. The third kappa shape index (κ3) is 7.69. The minimum atomic E-state index is -0.653. The summed E-state index contributed by atoms with van der Waals surface area (Å²) < 4.78 is 0. The van der Waals surface area contributed by atoms with E-state index in [0.717, 1.165) is 38.5 Å². The molecule has 0 heterocycles. The number of unbranched alkanes of at least 4 members (excludes halogenated alkanes) is 3. The van der Waals surface area contributed by atoms with Gasteiger partial charge in [0, 0.05) is 6.04 Å². The molecule has 3 nitrogen and oxygen atoms in total. The summed E-state index contributed by atoms with van der Waals surface area (Å²) in [5.74, 6) is -0.839. The molecular formula is C13H27NO2. The second kappa shape index (κ2) is 9.64. The molecule has 0 aromatic heterocycles. The zero-order valence-electron chi connectivity index (χ0n) is 10.7. The molecule has 0 aliphatic carbocycles. The molecule has 0 aromatic rings. The molecule has 0 amide bonds. The normalized spacial score (nSPS) is 14.7. The summed E-state index contributed by atoms with van der Waals surface area (Å²) in [4.78, 5) is 11.0. The van der Waals surface area contributed by atoms with E-state index in [0.29, 0.717) is 0 Å². The van der Waals surface area contributed by atoms with Crippen molar-refractivity contribution in [1.29, 1.82) is 0 Å². The SMILES string of the molecule is CCCCCCC(CCC(N)CC)C(=O)O. The van der Waals surface area contributed by atoms with Crippen molar-refractivity contribution in [2.24, 2.45) is 11.7 Å². The standard InChI is InChI=1S/C13H27NO2/c1-3-5-6-7-8-11(13(15)16)9-10-12(14)4-2/h11-12H,3-10,14H2,1-2H3,(H,15,16). The summed E-state index contributed by atoms with van der Waals surface area (Å²) in [6.45, 7) is 4.20. The van der Waals surface area contributed by atoms with E-state index in [1.165, 1.54) is 12.8 Å². The Morgan fingerprint density at radius 3 is 2.31 bits per heavy atom. The van der Waals surface area contributed by atoms with Crippen molar-refractivity contribution < 1.29 is 9.90 Å². The number of carbonyl (C=O) groups is 1. The summed E-state index contributed by atoms with van der Waals surface area (Å²) in [6.07, 6.45) is 7.90. The van der Waals surface area contributed by atoms with Gasteiger partial charge in [0.25, 0.3) is 0 Å². The van der Waals surface area contributed by atoms with Crippen LogP contribution in [0, 0.1) is 5.92 Å². The lowest BCUT2D eigenvalue weighted by Crippen LogP contribution is -2.22. The highest BCUT2D eigenvalue weighted by molar-refractivity contribution is 5.69. The average Bonchev–Trinajstić information content (AvgIpc) is 2.27. The first kappa shape index (κ1) is 15.4. The van der Waals surface area contributed by atoms with Crippen LogP contribution >= 0.6 is 0 Å². The van der Waals surface area contributed by atoms with Crippen LogP contribution in [0.25, 0.3) is 0 Å². The van der Waals surface area contributed by atoms with E-state index in [-0.39, 0.29) is 12.0 Å². The molecule has 0 rings (SSSR count). The predicted molar refractivity (Wildman–Crippen MR) is 67.4 cm³/mol. The fourth-order valence-corrected chi connectivity index (χ4v) is 1.83. The van der Waals surface area contributed by atoms with Crippen molar-refractivity contribution >= 4 is 5.97 Å². The topological polar surface area (TPSA) is 63.3 Å². The van der Waals surface area contributed by atoms with E-state index >= 15 is 0 Å². The van der Waals surface area contributed by atoms with E-state index in [1.54, 1.807) is 0 Å². The third-order valence-electron chi connectivity index (χ3n) is 3.17. The lowest BCUT2D eigenvalue weighted by molar-refractivity contribution is -0.142. The predicted octanol–water partition coefficient (Wildman–Crippen LogP) is 3.18. The van der Waals surface area contributed by atoms with Gasteiger partial charge in [-0.05, 0) is 25.7 Å². The van der Waals surface area contributed by atoms with Crippen molar-refractivity contribution in [3.63, 3.8) is 0 Å². The number of aliphatic carboxylic acids is 1. The van der Waals surface area contributed by atoms with Gasteiger partial charge in [0.2, 0.25) is 0 Å². The zero-order valence-corrected chi connectivity index (χ0v) is 10.7. The Hall–Kier alpha value is -0.570. The molecule has 96 valence electrons. The Labute approximate surface area is 99.4 Å². The first-order valence-electron chi connectivity index (χ1n) is 6.60. The number of nitrogens with two attached hydrogens (primary N) is 1. The van der Waals surface area contributed by atoms with Gasteiger partial charge in [-0.2, -0.15) is 0 Å². The van der Waals surface area contributed by atoms with Gasteiger partial charge in [-0.3, -0.25) is 4.79 Å². The van der Waals surface area contributed by atoms with Crippen molar-refractivity contribution in [1.82, 2.24) is 0 Å². The number of carboxylic acids is 1. The van der Waals surface area contributed by atoms with Gasteiger partial charge in [-0.1, -0.05) is 39.5 Å². The smallest absolute Gasteiger partial charge is 0.306 e. The molecule has 0 fully saturated rings. The molecule has 0 bridgehead atoms. The lowest BCUT2D eigenvalue weighted by Gasteiger charge is -2.14. The van der Waals surface area contributed by atoms with E-state index in [2.05, 4.69) is 6.92 Å². The Morgan fingerprint density at radius 1 is 1.12 bits per heavy atom. The molecule has 3 N–H and O–H groups in total. The summed E-state index contributed by atoms with van der Waals surface area (Å²) >= 11 is 0. The van der Waals surface area contributed by atoms with Crippen LogP contribution in [0.4, 0.5) is 0 Å². The molecule has 0 saturated carbocycles. The number of rotatable bonds is 10. The highest BCUT2D eigenvalue weighted by Crippen LogP contribution is 2.17. The highest BCUT2D eigenvalue weighted by Gasteiger charge is 2.17. The molecule has 0 aliphatic rings. The molecule has 0 radical (unpaired) electrons. The minimum Gasteiger partial charge on any atom is -0.481 e. The molecule has 0 aliphatic heterocycles. The van der Waals surface area contributed by atoms with Gasteiger partial charge in [0.15, 0.2) is 0 Å². The number of hydrogen-bond acceptors (Lipinski definition) is 2.